The summed E-state index contributed by atoms with van der Waals surface area (Å²) in [6.45, 7) is 14.0. The summed E-state index contributed by atoms with van der Waals surface area (Å²) in [6.07, 6.45) is 10.0. The molecule has 0 saturated carbocycles. The Labute approximate surface area is 328 Å². The molecule has 14 nitrogen and oxygen atoms in total. The Bertz CT molecular complexity index is 1200. The summed E-state index contributed by atoms with van der Waals surface area (Å²) in [4.78, 5) is 47.0. The number of aliphatic carboxylic acids is 1. The van der Waals surface area contributed by atoms with E-state index in [1.54, 1.807) is 0 Å². The van der Waals surface area contributed by atoms with Crippen LogP contribution in [0.5, 0.6) is 0 Å². The van der Waals surface area contributed by atoms with Crippen molar-refractivity contribution < 1.29 is 64.4 Å². The maximum absolute atomic E-state index is 12.2. The van der Waals surface area contributed by atoms with Crippen molar-refractivity contribution in [2.75, 3.05) is 13.2 Å². The van der Waals surface area contributed by atoms with Crippen molar-refractivity contribution in [3.05, 3.63) is 0 Å². The molecule has 4 atom stereocenters. The van der Waals surface area contributed by atoms with Gasteiger partial charge >= 0.3 is 53.4 Å². The molecule has 0 aromatic carbocycles. The van der Waals surface area contributed by atoms with Crippen molar-refractivity contribution in [1.29, 1.82) is 0 Å². The Kier molecular flexibility index (Phi) is 30.8. The Morgan fingerprint density at radius 3 is 1.43 bits per heavy atom. The van der Waals surface area contributed by atoms with Gasteiger partial charge in [-0.15, -0.1) is 0 Å². The fourth-order valence-corrected chi connectivity index (χ4v) is 6.37. The van der Waals surface area contributed by atoms with Crippen LogP contribution in [0.3, 0.4) is 0 Å². The van der Waals surface area contributed by atoms with Gasteiger partial charge < -0.3 is 19.3 Å². The van der Waals surface area contributed by atoms with Crippen LogP contribution in [0.1, 0.15) is 151 Å². The first-order valence-electron chi connectivity index (χ1n) is 18.0. The van der Waals surface area contributed by atoms with Crippen LogP contribution >= 0.6 is 0 Å². The van der Waals surface area contributed by atoms with Gasteiger partial charge in [-0.1, -0.05) is 99.8 Å². The number of carbonyl (C=O) groups excluding carboxylic acids is 3. The molecule has 0 saturated heterocycles. The zero-order chi connectivity index (χ0) is 39.0. The summed E-state index contributed by atoms with van der Waals surface area (Å²) in [5.41, 5.74) is -0.826. The molecule has 3 N–H and O–H groups in total. The van der Waals surface area contributed by atoms with Crippen LogP contribution in [0.25, 0.3) is 0 Å². The van der Waals surface area contributed by atoms with E-state index in [-0.39, 0.29) is 54.6 Å². The van der Waals surface area contributed by atoms with E-state index in [1.165, 1.54) is 0 Å². The minimum atomic E-state index is -4.83. The Balaban J connectivity index is -0.000000911. The number of carboxylic acid groups (broad SMARTS) is 1. The second-order valence-electron chi connectivity index (χ2n) is 12.7. The van der Waals surface area contributed by atoms with E-state index < -0.39 is 73.1 Å². The number of esters is 3. The summed E-state index contributed by atoms with van der Waals surface area (Å²) >= 11 is 0. The Hall–Kier alpha value is -1.30. The molecule has 0 aliphatic heterocycles. The molecule has 0 aliphatic carbocycles. The van der Waals surface area contributed by atoms with Crippen LogP contribution in [-0.4, -0.2) is 114 Å². The van der Waals surface area contributed by atoms with Crippen molar-refractivity contribution in [2.24, 2.45) is 11.8 Å². The van der Waals surface area contributed by atoms with E-state index in [1.807, 2.05) is 34.6 Å². The van der Waals surface area contributed by atoms with Gasteiger partial charge in [-0.25, -0.2) is 0 Å². The second kappa shape index (κ2) is 29.1. The molecule has 0 rings (SSSR count). The predicted molar refractivity (Wildman–Crippen MR) is 197 cm³/mol. The number of ether oxygens (including phenoxy) is 3. The second-order valence-corrected chi connectivity index (χ2v) is 15.9. The third kappa shape index (κ3) is 24.6. The molecule has 0 spiro atoms. The zero-order valence-corrected chi connectivity index (χ0v) is 32.8. The molecule has 298 valence electrons. The first kappa shape index (κ1) is 54.0. The van der Waals surface area contributed by atoms with Crippen LogP contribution in [0.15, 0.2) is 0 Å². The van der Waals surface area contributed by atoms with Gasteiger partial charge in [-0.05, 0) is 50.4 Å². The molecule has 0 amide bonds. The van der Waals surface area contributed by atoms with Crippen LogP contribution in [0, 0.1) is 11.8 Å². The average molecular weight is 785 g/mol. The molecule has 51 heavy (non-hydrogen) atoms. The van der Waals surface area contributed by atoms with E-state index in [2.05, 4.69) is 13.8 Å². The van der Waals surface area contributed by atoms with Crippen molar-refractivity contribution in [1.82, 2.24) is 0 Å². The number of hydrogen-bond donors (Lipinski definition) is 3. The van der Waals surface area contributed by atoms with Crippen molar-refractivity contribution in [2.45, 2.75) is 167 Å². The molecule has 0 radical (unpaired) electrons. The minimum absolute atomic E-state index is 0. The number of unbranched alkanes of at least 4 members (excludes halogenated alkanes) is 4. The summed E-state index contributed by atoms with van der Waals surface area (Å²) in [5, 5.41) is 4.66. The van der Waals surface area contributed by atoms with Gasteiger partial charge in [-0.2, -0.15) is 16.8 Å². The van der Waals surface area contributed by atoms with Crippen molar-refractivity contribution in [3.8, 4) is 0 Å². The predicted octanol–water partition coefficient (Wildman–Crippen LogP) is 5.90. The van der Waals surface area contributed by atoms with Gasteiger partial charge in [0.1, 0.15) is 5.60 Å². The molecule has 0 aliphatic rings. The third-order valence-electron chi connectivity index (χ3n) is 8.83. The van der Waals surface area contributed by atoms with Gasteiger partial charge in [0.05, 0.1) is 26.1 Å². The molecular weight excluding hydrogens is 719 g/mol. The number of carbonyl (C=O) groups is 4. The normalized spacial score (nSPS) is 14.1. The van der Waals surface area contributed by atoms with Gasteiger partial charge in [-0.3, -0.25) is 28.3 Å². The number of rotatable bonds is 27. The van der Waals surface area contributed by atoms with Crippen molar-refractivity contribution in [3.63, 3.8) is 0 Å². The molecule has 0 aromatic rings. The number of carboxylic acids is 1. The quantitative estimate of drug-likeness (QED) is 0.0290. The molecule has 0 fully saturated rings. The van der Waals surface area contributed by atoms with E-state index in [0.717, 1.165) is 70.6 Å². The molecule has 17 heteroatoms. The maximum atomic E-state index is 12.2. The van der Waals surface area contributed by atoms with Crippen molar-refractivity contribution >= 4 is 73.7 Å². The van der Waals surface area contributed by atoms with Gasteiger partial charge in [0, 0.05) is 0 Å². The Morgan fingerprint density at radius 2 is 1.06 bits per heavy atom. The fraction of sp³-hybridized carbons (Fsp3) is 0.882. The molecule has 0 aromatic heterocycles. The van der Waals surface area contributed by atoms with Crippen LogP contribution in [0.2, 0.25) is 0 Å². The first-order chi connectivity index (χ1) is 23.3. The standard InChI is InChI=1S/C20H38O7S.C14H26O7S.Na.H/c1-5-9-11-16(7-3)14-26-19(21)13-18(28(23,24)25)20(22)27-15-17(8-4)12-10-6-2;1-4-7-8-9-14(5-2,6-3)21-13(17)11(10-12(15)16)22(18,19)20;;/h16-18H,5-15H2,1-4H3,(H,23,24,25);11H,4-10H2,1-3H3,(H,15,16)(H,18,19,20);;. The topological polar surface area (TPSA) is 225 Å². The zero-order valence-electron chi connectivity index (χ0n) is 31.2. The number of hydrogen-bond acceptors (Lipinski definition) is 11. The van der Waals surface area contributed by atoms with E-state index >= 15 is 0 Å². The molecule has 4 unspecified atom stereocenters. The SMILES string of the molecule is CCCCC(CC)COC(=O)CC(C(=O)OCC(CC)CCCC)S(=O)(=O)O.CCCCCC(CC)(CC)OC(=O)C(CC(=O)O)S(=O)(=O)O.[NaH]. The molecule has 0 bridgehead atoms. The van der Waals surface area contributed by atoms with Crippen LogP contribution < -0.4 is 0 Å². The van der Waals surface area contributed by atoms with Gasteiger partial charge in [0.2, 0.25) is 0 Å². The van der Waals surface area contributed by atoms with E-state index in [0.29, 0.717) is 19.3 Å². The summed E-state index contributed by atoms with van der Waals surface area (Å²) in [5.74, 6) is -4.31. The molecule has 0 heterocycles. The monoisotopic (exact) mass is 784 g/mol. The van der Waals surface area contributed by atoms with Crippen LogP contribution in [0.4, 0.5) is 0 Å². The average Bonchev–Trinajstić information content (AvgIpc) is 3.04. The third-order valence-corrected chi connectivity index (χ3v) is 11.0. The molecular formula is C34H65NaO14S2. The summed E-state index contributed by atoms with van der Waals surface area (Å²) in [6, 6.07) is 0. The van der Waals surface area contributed by atoms with Gasteiger partial charge in [0.25, 0.3) is 20.2 Å². The summed E-state index contributed by atoms with van der Waals surface area (Å²) in [7, 11) is -9.59. The van der Waals surface area contributed by atoms with E-state index in [9.17, 15) is 40.6 Å². The summed E-state index contributed by atoms with van der Waals surface area (Å²) < 4.78 is 79.6. The fourth-order valence-electron chi connectivity index (χ4n) is 5.06. The Morgan fingerprint density at radius 1 is 0.627 bits per heavy atom. The van der Waals surface area contributed by atoms with Gasteiger partial charge in [0.15, 0.2) is 10.5 Å². The van der Waals surface area contributed by atoms with E-state index in [4.69, 9.17) is 23.9 Å². The first-order valence-corrected chi connectivity index (χ1v) is 21.0. The van der Waals surface area contributed by atoms with Crippen LogP contribution in [-0.2, 0) is 53.6 Å².